The predicted molar refractivity (Wildman–Crippen MR) is 72.2 cm³/mol. The molecular formula is C12H9BrClFOS. The van der Waals surface area contributed by atoms with Crippen LogP contribution in [-0.4, -0.2) is 5.11 Å². The fourth-order valence-electron chi connectivity index (χ4n) is 1.49. The number of aryl methyl sites for hydroxylation is 1. The summed E-state index contributed by atoms with van der Waals surface area (Å²) in [5, 5.41) is 10.4. The van der Waals surface area contributed by atoms with Gasteiger partial charge in [0.25, 0.3) is 0 Å². The third-order valence-electron chi connectivity index (χ3n) is 2.40. The molecule has 0 saturated carbocycles. The summed E-state index contributed by atoms with van der Waals surface area (Å²) in [6, 6.07) is 5.89. The highest BCUT2D eigenvalue weighted by Gasteiger charge is 2.17. The normalized spacial score (nSPS) is 12.8. The maximum Gasteiger partial charge on any atom is 0.124 e. The van der Waals surface area contributed by atoms with Crippen LogP contribution in [0.1, 0.15) is 22.1 Å². The molecule has 2 rings (SSSR count). The van der Waals surface area contributed by atoms with E-state index in [0.717, 1.165) is 14.2 Å². The van der Waals surface area contributed by atoms with Gasteiger partial charge in [0.15, 0.2) is 0 Å². The Hall–Kier alpha value is -0.420. The molecule has 0 bridgehead atoms. The van der Waals surface area contributed by atoms with Crippen LogP contribution >= 0.6 is 38.9 Å². The number of hydrogen-bond acceptors (Lipinski definition) is 2. The van der Waals surface area contributed by atoms with Crippen molar-refractivity contribution < 1.29 is 9.50 Å². The molecule has 1 unspecified atom stereocenters. The van der Waals surface area contributed by atoms with Crippen molar-refractivity contribution in [2.75, 3.05) is 0 Å². The summed E-state index contributed by atoms with van der Waals surface area (Å²) >= 11 is 10.8. The summed E-state index contributed by atoms with van der Waals surface area (Å²) in [6.07, 6.45) is -0.821. The van der Waals surface area contributed by atoms with Gasteiger partial charge in [-0.2, -0.15) is 0 Å². The first-order chi connectivity index (χ1) is 7.99. The summed E-state index contributed by atoms with van der Waals surface area (Å²) in [5.41, 5.74) is 1.57. The van der Waals surface area contributed by atoms with E-state index in [2.05, 4.69) is 15.9 Å². The van der Waals surface area contributed by atoms with Crippen LogP contribution in [0.15, 0.2) is 28.1 Å². The minimum absolute atomic E-state index is 0.236. The van der Waals surface area contributed by atoms with Gasteiger partial charge in [0.1, 0.15) is 11.9 Å². The molecule has 1 nitrogen and oxygen atoms in total. The molecular weight excluding hydrogens is 327 g/mol. The van der Waals surface area contributed by atoms with Gasteiger partial charge in [0, 0.05) is 15.5 Å². The average Bonchev–Trinajstić information content (AvgIpc) is 2.58. The van der Waals surface area contributed by atoms with Gasteiger partial charge < -0.3 is 5.11 Å². The largest absolute Gasteiger partial charge is 0.383 e. The van der Waals surface area contributed by atoms with Gasteiger partial charge in [-0.15, -0.1) is 11.3 Å². The SMILES string of the molecule is Cc1cc(C(O)c2ccc(F)cc2Cl)sc1Br. The molecule has 0 aliphatic rings. The lowest BCUT2D eigenvalue weighted by atomic mass is 10.1. The lowest BCUT2D eigenvalue weighted by Crippen LogP contribution is -1.98. The second-order valence-electron chi connectivity index (χ2n) is 3.67. The Morgan fingerprint density at radius 3 is 2.65 bits per heavy atom. The molecule has 0 aliphatic carbocycles. The minimum atomic E-state index is -0.821. The zero-order chi connectivity index (χ0) is 12.6. The fraction of sp³-hybridized carbons (Fsp3) is 0.167. The Kier molecular flexibility index (Phi) is 3.88. The quantitative estimate of drug-likeness (QED) is 0.844. The lowest BCUT2D eigenvalue weighted by Gasteiger charge is -2.10. The van der Waals surface area contributed by atoms with Crippen LogP contribution in [0, 0.1) is 12.7 Å². The number of thiophene rings is 1. The van der Waals surface area contributed by atoms with Crippen LogP contribution in [0.25, 0.3) is 0 Å². The molecule has 1 heterocycles. The molecule has 1 N–H and O–H groups in total. The Morgan fingerprint density at radius 1 is 1.41 bits per heavy atom. The van der Waals surface area contributed by atoms with Gasteiger partial charge in [-0.1, -0.05) is 17.7 Å². The number of aliphatic hydroxyl groups is 1. The van der Waals surface area contributed by atoms with E-state index in [4.69, 9.17) is 11.6 Å². The van der Waals surface area contributed by atoms with Crippen LogP contribution in [0.4, 0.5) is 4.39 Å². The standard InChI is InChI=1S/C12H9BrClFOS/c1-6-4-10(17-12(6)13)11(16)8-3-2-7(15)5-9(8)14/h2-5,11,16H,1H3. The van der Waals surface area contributed by atoms with Crippen molar-refractivity contribution in [1.82, 2.24) is 0 Å². The highest BCUT2D eigenvalue weighted by molar-refractivity contribution is 9.11. The van der Waals surface area contributed by atoms with E-state index < -0.39 is 11.9 Å². The van der Waals surface area contributed by atoms with Gasteiger partial charge in [-0.25, -0.2) is 4.39 Å². The molecule has 90 valence electrons. The molecule has 17 heavy (non-hydrogen) atoms. The number of hydrogen-bond donors (Lipinski definition) is 1. The maximum atomic E-state index is 12.9. The molecule has 0 saturated heterocycles. The van der Waals surface area contributed by atoms with Gasteiger partial charge in [-0.05, 0) is 46.6 Å². The van der Waals surface area contributed by atoms with E-state index >= 15 is 0 Å². The zero-order valence-corrected chi connectivity index (χ0v) is 12.0. The molecule has 0 radical (unpaired) electrons. The van der Waals surface area contributed by atoms with E-state index in [0.29, 0.717) is 5.56 Å². The number of halogens is 3. The van der Waals surface area contributed by atoms with E-state index in [9.17, 15) is 9.50 Å². The summed E-state index contributed by atoms with van der Waals surface area (Å²) in [6.45, 7) is 1.95. The van der Waals surface area contributed by atoms with Crippen LogP contribution in [0.3, 0.4) is 0 Å². The third kappa shape index (κ3) is 2.71. The second-order valence-corrected chi connectivity index (χ2v) is 6.48. The molecule has 0 spiro atoms. The number of aliphatic hydroxyl groups excluding tert-OH is 1. The smallest absolute Gasteiger partial charge is 0.124 e. The van der Waals surface area contributed by atoms with Crippen LogP contribution in [-0.2, 0) is 0 Å². The number of rotatable bonds is 2. The molecule has 2 aromatic rings. The number of benzene rings is 1. The molecule has 0 amide bonds. The summed E-state index contributed by atoms with van der Waals surface area (Å²) in [7, 11) is 0. The minimum Gasteiger partial charge on any atom is -0.383 e. The van der Waals surface area contributed by atoms with Gasteiger partial charge >= 0.3 is 0 Å². The molecule has 1 atom stereocenters. The lowest BCUT2D eigenvalue weighted by molar-refractivity contribution is 0.224. The Labute approximate surface area is 116 Å². The molecule has 5 heteroatoms. The van der Waals surface area contributed by atoms with Crippen LogP contribution < -0.4 is 0 Å². The zero-order valence-electron chi connectivity index (χ0n) is 8.88. The molecule has 0 fully saturated rings. The first kappa shape index (κ1) is 13.0. The highest BCUT2D eigenvalue weighted by atomic mass is 79.9. The average molecular weight is 336 g/mol. The van der Waals surface area contributed by atoms with Gasteiger partial charge in [0.05, 0.1) is 3.79 Å². The Balaban J connectivity index is 2.39. The summed E-state index contributed by atoms with van der Waals surface area (Å²) in [5.74, 6) is -0.408. The Morgan fingerprint density at radius 2 is 2.12 bits per heavy atom. The van der Waals surface area contributed by atoms with Gasteiger partial charge in [0.2, 0.25) is 0 Å². The van der Waals surface area contributed by atoms with Crippen LogP contribution in [0.2, 0.25) is 5.02 Å². The van der Waals surface area contributed by atoms with Crippen molar-refractivity contribution in [3.05, 3.63) is 54.9 Å². The van der Waals surface area contributed by atoms with Crippen molar-refractivity contribution in [2.45, 2.75) is 13.0 Å². The van der Waals surface area contributed by atoms with E-state index in [-0.39, 0.29) is 5.02 Å². The highest BCUT2D eigenvalue weighted by Crippen LogP contribution is 2.36. The maximum absolute atomic E-state index is 12.9. The van der Waals surface area contributed by atoms with Crippen LogP contribution in [0.5, 0.6) is 0 Å². The summed E-state index contributed by atoms with van der Waals surface area (Å²) < 4.78 is 13.9. The first-order valence-electron chi connectivity index (χ1n) is 4.88. The van der Waals surface area contributed by atoms with E-state index in [1.807, 2.05) is 13.0 Å². The van der Waals surface area contributed by atoms with Crippen molar-refractivity contribution in [3.63, 3.8) is 0 Å². The topological polar surface area (TPSA) is 20.2 Å². The van der Waals surface area contributed by atoms with E-state index in [1.165, 1.54) is 29.5 Å². The Bertz CT molecular complexity index is 536. The second kappa shape index (κ2) is 5.06. The fourth-order valence-corrected chi connectivity index (χ4v) is 3.34. The van der Waals surface area contributed by atoms with Crippen molar-refractivity contribution >= 4 is 38.9 Å². The monoisotopic (exact) mass is 334 g/mol. The summed E-state index contributed by atoms with van der Waals surface area (Å²) in [4.78, 5) is 0.780. The van der Waals surface area contributed by atoms with Crippen molar-refractivity contribution in [3.8, 4) is 0 Å². The van der Waals surface area contributed by atoms with Crippen molar-refractivity contribution in [1.29, 1.82) is 0 Å². The predicted octanol–water partition coefficient (Wildman–Crippen LogP) is 4.69. The first-order valence-corrected chi connectivity index (χ1v) is 6.86. The van der Waals surface area contributed by atoms with E-state index in [1.54, 1.807) is 0 Å². The van der Waals surface area contributed by atoms with Crippen molar-refractivity contribution in [2.24, 2.45) is 0 Å². The van der Waals surface area contributed by atoms with Gasteiger partial charge in [-0.3, -0.25) is 0 Å². The molecule has 1 aromatic heterocycles. The molecule has 1 aromatic carbocycles. The molecule has 0 aliphatic heterocycles. The third-order valence-corrected chi connectivity index (χ3v) is 4.92.